The third-order valence-electron chi connectivity index (χ3n) is 2.31. The van der Waals surface area contributed by atoms with Crippen LogP contribution in [0.2, 0.25) is 0 Å². The van der Waals surface area contributed by atoms with Gasteiger partial charge in [-0.25, -0.2) is 0 Å². The van der Waals surface area contributed by atoms with Crippen LogP contribution in [0.3, 0.4) is 0 Å². The molecule has 0 saturated carbocycles. The number of methoxy groups -OCH3 is 2. The first-order valence-electron chi connectivity index (χ1n) is 4.98. The molecule has 0 N–H and O–H groups in total. The average Bonchev–Trinajstić information content (AvgIpc) is 2.28. The SMILES string of the molecule is COCC(Cc1cccc(OC)c1)C(=O)Cl. The Bertz CT molecular complexity index is 352. The van der Waals surface area contributed by atoms with Gasteiger partial charge >= 0.3 is 0 Å². The Kier molecular flexibility index (Phi) is 5.29. The quantitative estimate of drug-likeness (QED) is 0.718. The van der Waals surface area contributed by atoms with Crippen molar-refractivity contribution < 1.29 is 14.3 Å². The summed E-state index contributed by atoms with van der Waals surface area (Å²) in [6.07, 6.45) is 0.563. The summed E-state index contributed by atoms with van der Waals surface area (Å²) >= 11 is 5.50. The summed E-state index contributed by atoms with van der Waals surface area (Å²) in [6, 6.07) is 7.57. The molecule has 0 fully saturated rings. The first kappa shape index (κ1) is 13.0. The second-order valence-electron chi connectivity index (χ2n) is 3.51. The summed E-state index contributed by atoms with van der Waals surface area (Å²) in [6.45, 7) is 0.333. The first-order chi connectivity index (χ1) is 7.67. The monoisotopic (exact) mass is 242 g/mol. The molecule has 0 aliphatic heterocycles. The summed E-state index contributed by atoms with van der Waals surface area (Å²) in [4.78, 5) is 11.1. The van der Waals surface area contributed by atoms with Crippen LogP contribution in [-0.2, 0) is 16.0 Å². The summed E-state index contributed by atoms with van der Waals surface area (Å²) in [7, 11) is 3.16. The smallest absolute Gasteiger partial charge is 0.227 e. The molecule has 0 aliphatic rings. The van der Waals surface area contributed by atoms with Crippen molar-refractivity contribution in [2.45, 2.75) is 6.42 Å². The van der Waals surface area contributed by atoms with E-state index in [1.54, 1.807) is 14.2 Å². The molecule has 0 aliphatic carbocycles. The molecule has 16 heavy (non-hydrogen) atoms. The number of rotatable bonds is 6. The van der Waals surface area contributed by atoms with Crippen LogP contribution in [0.4, 0.5) is 0 Å². The van der Waals surface area contributed by atoms with E-state index in [-0.39, 0.29) is 11.2 Å². The topological polar surface area (TPSA) is 35.5 Å². The lowest BCUT2D eigenvalue weighted by Crippen LogP contribution is -2.17. The third kappa shape index (κ3) is 3.83. The largest absolute Gasteiger partial charge is 0.497 e. The van der Waals surface area contributed by atoms with Crippen molar-refractivity contribution in [2.75, 3.05) is 20.8 Å². The van der Waals surface area contributed by atoms with Gasteiger partial charge in [-0.15, -0.1) is 0 Å². The molecule has 1 aromatic carbocycles. The van der Waals surface area contributed by atoms with Crippen LogP contribution in [0.1, 0.15) is 5.56 Å². The van der Waals surface area contributed by atoms with Gasteiger partial charge in [-0.05, 0) is 35.7 Å². The second-order valence-corrected chi connectivity index (χ2v) is 3.88. The maximum atomic E-state index is 11.1. The van der Waals surface area contributed by atoms with Gasteiger partial charge < -0.3 is 9.47 Å². The van der Waals surface area contributed by atoms with Crippen molar-refractivity contribution in [3.05, 3.63) is 29.8 Å². The van der Waals surface area contributed by atoms with Gasteiger partial charge in [-0.2, -0.15) is 0 Å². The van der Waals surface area contributed by atoms with Crippen molar-refractivity contribution in [1.29, 1.82) is 0 Å². The minimum absolute atomic E-state index is 0.307. The molecule has 0 saturated heterocycles. The Balaban J connectivity index is 2.72. The van der Waals surface area contributed by atoms with E-state index in [1.807, 2.05) is 24.3 Å². The van der Waals surface area contributed by atoms with E-state index < -0.39 is 0 Å². The van der Waals surface area contributed by atoms with E-state index in [1.165, 1.54) is 0 Å². The Hall–Kier alpha value is -1.06. The molecular weight excluding hydrogens is 228 g/mol. The lowest BCUT2D eigenvalue weighted by molar-refractivity contribution is -0.116. The standard InChI is InChI=1S/C12H15ClO3/c1-15-8-10(12(13)14)6-9-4-3-5-11(7-9)16-2/h3-5,7,10H,6,8H2,1-2H3. The van der Waals surface area contributed by atoms with Crippen LogP contribution >= 0.6 is 11.6 Å². The zero-order valence-corrected chi connectivity index (χ0v) is 10.2. The lowest BCUT2D eigenvalue weighted by atomic mass is 10.0. The Labute approximate surface area is 100 Å². The lowest BCUT2D eigenvalue weighted by Gasteiger charge is -2.11. The molecule has 4 heteroatoms. The van der Waals surface area contributed by atoms with Crippen molar-refractivity contribution in [2.24, 2.45) is 5.92 Å². The molecule has 0 heterocycles. The molecule has 0 radical (unpaired) electrons. The van der Waals surface area contributed by atoms with Gasteiger partial charge in [0, 0.05) is 7.11 Å². The summed E-state index contributed by atoms with van der Waals surface area (Å²) in [5, 5.41) is -0.371. The van der Waals surface area contributed by atoms with Crippen LogP contribution in [0, 0.1) is 5.92 Å². The summed E-state index contributed by atoms with van der Waals surface area (Å²) < 4.78 is 10.1. The van der Waals surface area contributed by atoms with E-state index in [4.69, 9.17) is 21.1 Å². The van der Waals surface area contributed by atoms with Gasteiger partial charge in [-0.3, -0.25) is 4.79 Å². The van der Waals surface area contributed by atoms with E-state index in [0.29, 0.717) is 13.0 Å². The number of ether oxygens (including phenoxy) is 2. The molecule has 88 valence electrons. The fourth-order valence-electron chi connectivity index (χ4n) is 1.49. The zero-order valence-electron chi connectivity index (χ0n) is 9.40. The van der Waals surface area contributed by atoms with Gasteiger partial charge in [-0.1, -0.05) is 12.1 Å². The minimum Gasteiger partial charge on any atom is -0.497 e. The molecule has 0 aromatic heterocycles. The van der Waals surface area contributed by atoms with Gasteiger partial charge in [0.25, 0.3) is 0 Å². The highest BCUT2D eigenvalue weighted by Gasteiger charge is 2.16. The van der Waals surface area contributed by atoms with Crippen molar-refractivity contribution in [1.82, 2.24) is 0 Å². The fourth-order valence-corrected chi connectivity index (χ4v) is 1.63. The van der Waals surface area contributed by atoms with E-state index in [0.717, 1.165) is 11.3 Å². The average molecular weight is 243 g/mol. The number of benzene rings is 1. The number of hydrogen-bond donors (Lipinski definition) is 0. The molecule has 1 unspecified atom stereocenters. The fraction of sp³-hybridized carbons (Fsp3) is 0.417. The molecule has 0 amide bonds. The van der Waals surface area contributed by atoms with Crippen LogP contribution in [0.5, 0.6) is 5.75 Å². The molecule has 1 rings (SSSR count). The van der Waals surface area contributed by atoms with Crippen LogP contribution in [-0.4, -0.2) is 26.1 Å². The zero-order chi connectivity index (χ0) is 12.0. The number of hydrogen-bond acceptors (Lipinski definition) is 3. The molecule has 0 spiro atoms. The Morgan fingerprint density at radius 3 is 2.75 bits per heavy atom. The van der Waals surface area contributed by atoms with Gasteiger partial charge in [0.1, 0.15) is 5.75 Å². The minimum atomic E-state index is -0.371. The van der Waals surface area contributed by atoms with Crippen LogP contribution in [0.15, 0.2) is 24.3 Å². The predicted molar refractivity (Wildman–Crippen MR) is 62.9 cm³/mol. The first-order valence-corrected chi connectivity index (χ1v) is 5.36. The Morgan fingerprint density at radius 1 is 1.44 bits per heavy atom. The van der Waals surface area contributed by atoms with E-state index in [9.17, 15) is 4.79 Å². The van der Waals surface area contributed by atoms with E-state index in [2.05, 4.69) is 0 Å². The van der Waals surface area contributed by atoms with Crippen LogP contribution in [0.25, 0.3) is 0 Å². The maximum Gasteiger partial charge on any atom is 0.227 e. The van der Waals surface area contributed by atoms with Crippen molar-refractivity contribution in [3.63, 3.8) is 0 Å². The molecule has 0 bridgehead atoms. The number of halogens is 1. The predicted octanol–water partition coefficient (Wildman–Crippen LogP) is 2.27. The second kappa shape index (κ2) is 6.51. The number of carbonyl (C=O) groups is 1. The molecular formula is C12H15ClO3. The van der Waals surface area contributed by atoms with Crippen molar-refractivity contribution in [3.8, 4) is 5.75 Å². The molecule has 3 nitrogen and oxygen atoms in total. The van der Waals surface area contributed by atoms with Gasteiger partial charge in [0.05, 0.1) is 19.6 Å². The summed E-state index contributed by atoms with van der Waals surface area (Å²) in [5.74, 6) is 0.467. The van der Waals surface area contributed by atoms with Gasteiger partial charge in [0.2, 0.25) is 5.24 Å². The number of carbonyl (C=O) groups excluding carboxylic acids is 1. The molecule has 1 aromatic rings. The maximum absolute atomic E-state index is 11.1. The highest BCUT2D eigenvalue weighted by molar-refractivity contribution is 6.64. The normalized spacial score (nSPS) is 12.2. The molecule has 1 atom stereocenters. The third-order valence-corrected chi connectivity index (χ3v) is 2.61. The Morgan fingerprint density at radius 2 is 2.19 bits per heavy atom. The van der Waals surface area contributed by atoms with E-state index >= 15 is 0 Å². The highest BCUT2D eigenvalue weighted by atomic mass is 35.5. The summed E-state index contributed by atoms with van der Waals surface area (Å²) in [5.41, 5.74) is 1.01. The van der Waals surface area contributed by atoms with Gasteiger partial charge in [0.15, 0.2) is 0 Å². The highest BCUT2D eigenvalue weighted by Crippen LogP contribution is 2.17. The van der Waals surface area contributed by atoms with Crippen LogP contribution < -0.4 is 4.74 Å². The van der Waals surface area contributed by atoms with Crippen molar-refractivity contribution >= 4 is 16.8 Å².